The van der Waals surface area contributed by atoms with Crippen molar-refractivity contribution in [3.63, 3.8) is 0 Å². The summed E-state index contributed by atoms with van der Waals surface area (Å²) in [4.78, 5) is 26.5. The first-order valence-electron chi connectivity index (χ1n) is 12.7. The molecule has 1 rings (SSSR count). The fourth-order valence-electron chi connectivity index (χ4n) is 3.94. The van der Waals surface area contributed by atoms with E-state index >= 15 is 0 Å². The highest BCUT2D eigenvalue weighted by Crippen LogP contribution is 2.14. The number of hydrogen-bond donors (Lipinski definition) is 2. The van der Waals surface area contributed by atoms with Crippen LogP contribution in [0.25, 0.3) is 0 Å². The molecule has 182 valence electrons. The van der Waals surface area contributed by atoms with Crippen molar-refractivity contribution in [3.05, 3.63) is 29.3 Å². The first-order valence-corrected chi connectivity index (χ1v) is 12.7. The molecule has 0 saturated carbocycles. The number of hydrogen-bond acceptors (Lipinski definition) is 3. The van der Waals surface area contributed by atoms with Crippen LogP contribution in [0.5, 0.6) is 0 Å². The van der Waals surface area contributed by atoms with Crippen LogP contribution in [-0.4, -0.2) is 42.9 Å². The van der Waals surface area contributed by atoms with E-state index < -0.39 is 0 Å². The molecule has 1 aromatic carbocycles. The van der Waals surface area contributed by atoms with Crippen LogP contribution in [0.4, 0.5) is 5.69 Å². The van der Waals surface area contributed by atoms with Gasteiger partial charge in [0.2, 0.25) is 11.8 Å². The second kappa shape index (κ2) is 16.7. The molecule has 2 N–H and O–H groups in total. The maximum Gasteiger partial charge on any atom is 0.238 e. The maximum atomic E-state index is 12.4. The van der Waals surface area contributed by atoms with E-state index in [0.29, 0.717) is 13.0 Å². The summed E-state index contributed by atoms with van der Waals surface area (Å²) in [5, 5.41) is 6.06. The predicted molar refractivity (Wildman–Crippen MR) is 136 cm³/mol. The summed E-state index contributed by atoms with van der Waals surface area (Å²) in [5.41, 5.74) is 3.17. The lowest BCUT2D eigenvalue weighted by molar-refractivity contribution is -0.121. The largest absolute Gasteiger partial charge is 0.356 e. The lowest BCUT2D eigenvalue weighted by Gasteiger charge is -2.20. The summed E-state index contributed by atoms with van der Waals surface area (Å²) in [6.07, 6.45) is 9.69. The molecule has 0 saturated heterocycles. The molecule has 1 aromatic rings. The summed E-state index contributed by atoms with van der Waals surface area (Å²) in [6, 6.07) is 6.10. The summed E-state index contributed by atoms with van der Waals surface area (Å²) in [5.74, 6) is 0.993. The Kier molecular flexibility index (Phi) is 14.7. The van der Waals surface area contributed by atoms with Gasteiger partial charge < -0.3 is 10.6 Å². The molecule has 0 spiro atoms. The number of carbonyl (C=O) groups is 2. The number of benzene rings is 1. The number of unbranched alkanes of at least 4 members (excludes halogenated alkanes) is 5. The van der Waals surface area contributed by atoms with Gasteiger partial charge in [-0.2, -0.15) is 0 Å². The van der Waals surface area contributed by atoms with E-state index in [9.17, 15) is 9.59 Å². The third-order valence-electron chi connectivity index (χ3n) is 5.73. The summed E-state index contributed by atoms with van der Waals surface area (Å²) < 4.78 is 0. The third kappa shape index (κ3) is 14.2. The monoisotopic (exact) mass is 445 g/mol. The molecule has 0 fully saturated rings. The van der Waals surface area contributed by atoms with Crippen molar-refractivity contribution >= 4 is 17.5 Å². The van der Waals surface area contributed by atoms with E-state index in [1.807, 2.05) is 26.0 Å². The summed E-state index contributed by atoms with van der Waals surface area (Å²) in [7, 11) is 0. The smallest absolute Gasteiger partial charge is 0.238 e. The quantitative estimate of drug-likeness (QED) is 0.296. The van der Waals surface area contributed by atoms with Crippen LogP contribution in [0.15, 0.2) is 18.2 Å². The fraction of sp³-hybridized carbons (Fsp3) is 0.704. The molecule has 5 nitrogen and oxygen atoms in total. The molecule has 5 heteroatoms. The molecule has 2 amide bonds. The standard InChI is InChI=1S/C27H47N3O2/c1-6-30(21-27(32)29-25-19-23(4)18-24(5)20-25)17-13-9-11-15-26(31)28-16-12-8-7-10-14-22(2)3/h18-20,22H,6-17,21H2,1-5H3,(H,28,31)(H,29,32). The van der Waals surface area contributed by atoms with E-state index in [0.717, 1.165) is 68.0 Å². The molecule has 0 aliphatic rings. The first-order chi connectivity index (χ1) is 15.3. The minimum absolute atomic E-state index is 0.0282. The van der Waals surface area contributed by atoms with E-state index in [2.05, 4.69) is 42.4 Å². The van der Waals surface area contributed by atoms with E-state index in [1.54, 1.807) is 0 Å². The van der Waals surface area contributed by atoms with Crippen molar-refractivity contribution in [2.24, 2.45) is 5.92 Å². The van der Waals surface area contributed by atoms with Crippen molar-refractivity contribution in [3.8, 4) is 0 Å². The van der Waals surface area contributed by atoms with Gasteiger partial charge >= 0.3 is 0 Å². The van der Waals surface area contributed by atoms with Gasteiger partial charge in [-0.05, 0) is 75.4 Å². The highest BCUT2D eigenvalue weighted by molar-refractivity contribution is 5.92. The molecular weight excluding hydrogens is 398 g/mol. The molecule has 0 radical (unpaired) electrons. The van der Waals surface area contributed by atoms with Gasteiger partial charge in [-0.25, -0.2) is 0 Å². The summed E-state index contributed by atoms with van der Waals surface area (Å²) in [6.45, 7) is 13.6. The Morgan fingerprint density at radius 1 is 0.875 bits per heavy atom. The van der Waals surface area contributed by atoms with Gasteiger partial charge in [-0.3, -0.25) is 14.5 Å². The van der Waals surface area contributed by atoms with Crippen molar-refractivity contribution in [2.45, 2.75) is 92.4 Å². The molecule has 0 aliphatic carbocycles. The van der Waals surface area contributed by atoms with Crippen molar-refractivity contribution in [1.82, 2.24) is 10.2 Å². The zero-order chi connectivity index (χ0) is 23.8. The molecule has 0 unspecified atom stereocenters. The predicted octanol–water partition coefficient (Wildman–Crippen LogP) is 5.85. The van der Waals surface area contributed by atoms with Gasteiger partial charge in [-0.15, -0.1) is 0 Å². The second-order valence-corrected chi connectivity index (χ2v) is 9.55. The molecule has 0 aliphatic heterocycles. The van der Waals surface area contributed by atoms with Gasteiger partial charge in [0.05, 0.1) is 6.54 Å². The lowest BCUT2D eigenvalue weighted by atomic mass is 10.0. The number of amides is 2. The molecule has 32 heavy (non-hydrogen) atoms. The zero-order valence-electron chi connectivity index (χ0n) is 21.3. The second-order valence-electron chi connectivity index (χ2n) is 9.55. The summed E-state index contributed by atoms with van der Waals surface area (Å²) >= 11 is 0. The highest BCUT2D eigenvalue weighted by Gasteiger charge is 2.10. The average molecular weight is 446 g/mol. The van der Waals surface area contributed by atoms with E-state index in [-0.39, 0.29) is 11.8 Å². The van der Waals surface area contributed by atoms with Crippen molar-refractivity contribution in [1.29, 1.82) is 0 Å². The van der Waals surface area contributed by atoms with E-state index in [1.165, 1.54) is 25.7 Å². The Hall–Kier alpha value is -1.88. The Labute approximate surface area is 196 Å². The van der Waals surface area contributed by atoms with Crippen LogP contribution in [0.2, 0.25) is 0 Å². The lowest BCUT2D eigenvalue weighted by Crippen LogP contribution is -2.34. The minimum atomic E-state index is 0.0282. The third-order valence-corrected chi connectivity index (χ3v) is 5.73. The molecule has 0 bridgehead atoms. The molecule has 0 heterocycles. The van der Waals surface area contributed by atoms with Crippen LogP contribution in [0.3, 0.4) is 0 Å². The zero-order valence-corrected chi connectivity index (χ0v) is 21.3. The Morgan fingerprint density at radius 3 is 2.19 bits per heavy atom. The number of nitrogens with one attached hydrogen (secondary N) is 2. The van der Waals surface area contributed by atoms with E-state index in [4.69, 9.17) is 0 Å². The Morgan fingerprint density at radius 2 is 1.53 bits per heavy atom. The Bertz CT molecular complexity index is 653. The van der Waals surface area contributed by atoms with Crippen molar-refractivity contribution < 1.29 is 9.59 Å². The minimum Gasteiger partial charge on any atom is -0.356 e. The average Bonchev–Trinajstić information content (AvgIpc) is 2.70. The van der Waals surface area contributed by atoms with Gasteiger partial charge in [0.15, 0.2) is 0 Å². The SMILES string of the molecule is CCN(CCCCCC(=O)NCCCCCCC(C)C)CC(=O)Nc1cc(C)cc(C)c1. The van der Waals surface area contributed by atoms with Gasteiger partial charge in [0, 0.05) is 18.7 Å². The number of aryl methyl sites for hydroxylation is 2. The number of likely N-dealkylation sites (N-methyl/N-ethyl adjacent to an activating group) is 1. The maximum absolute atomic E-state index is 12.4. The number of carbonyl (C=O) groups excluding carboxylic acids is 2. The van der Waals surface area contributed by atoms with Crippen LogP contribution < -0.4 is 10.6 Å². The topological polar surface area (TPSA) is 61.4 Å². The van der Waals surface area contributed by atoms with Crippen LogP contribution >= 0.6 is 0 Å². The Balaban J connectivity index is 2.09. The van der Waals surface area contributed by atoms with Crippen molar-refractivity contribution in [2.75, 3.05) is 31.5 Å². The number of anilines is 1. The molecule has 0 atom stereocenters. The molecule has 0 aromatic heterocycles. The van der Waals surface area contributed by atoms with Gasteiger partial charge in [0.1, 0.15) is 0 Å². The number of rotatable bonds is 17. The fourth-order valence-corrected chi connectivity index (χ4v) is 3.94. The van der Waals surface area contributed by atoms with Crippen LogP contribution in [-0.2, 0) is 9.59 Å². The van der Waals surface area contributed by atoms with Gasteiger partial charge in [-0.1, -0.05) is 58.9 Å². The number of nitrogens with zero attached hydrogens (tertiary/aromatic N) is 1. The molecular formula is C27H47N3O2. The van der Waals surface area contributed by atoms with Gasteiger partial charge in [0.25, 0.3) is 0 Å². The van der Waals surface area contributed by atoms with Crippen LogP contribution in [0.1, 0.15) is 89.7 Å². The first kappa shape index (κ1) is 28.2. The van der Waals surface area contributed by atoms with Crippen LogP contribution in [0, 0.1) is 19.8 Å². The highest BCUT2D eigenvalue weighted by atomic mass is 16.2. The normalized spacial score (nSPS) is 11.2.